The van der Waals surface area contributed by atoms with Crippen molar-refractivity contribution in [1.29, 1.82) is 0 Å². The molecule has 1 aromatic heterocycles. The number of aromatic nitrogens is 2. The SMILES string of the molecule is Cc1nc(C)c(Cc2ccccc2Cl)c(N2CCN(C(=O)CC(C)(C)C)CC2)n1. The Morgan fingerprint density at radius 1 is 1.07 bits per heavy atom. The summed E-state index contributed by atoms with van der Waals surface area (Å²) in [4.78, 5) is 26.2. The Morgan fingerprint density at radius 2 is 1.72 bits per heavy atom. The second kappa shape index (κ2) is 8.70. The van der Waals surface area contributed by atoms with E-state index >= 15 is 0 Å². The summed E-state index contributed by atoms with van der Waals surface area (Å²) in [6.07, 6.45) is 1.28. The number of aryl methyl sites for hydroxylation is 2. The van der Waals surface area contributed by atoms with Gasteiger partial charge < -0.3 is 9.80 Å². The Balaban J connectivity index is 1.79. The first kappa shape index (κ1) is 21.6. The van der Waals surface area contributed by atoms with Gasteiger partial charge in [-0.25, -0.2) is 9.97 Å². The van der Waals surface area contributed by atoms with Crippen molar-refractivity contribution in [3.05, 3.63) is 51.9 Å². The van der Waals surface area contributed by atoms with Crippen LogP contribution in [-0.4, -0.2) is 47.0 Å². The molecular weight excluding hydrogens is 384 g/mol. The van der Waals surface area contributed by atoms with Crippen molar-refractivity contribution in [3.8, 4) is 0 Å². The second-order valence-electron chi connectivity index (χ2n) is 9.03. The fourth-order valence-corrected chi connectivity index (χ4v) is 3.95. The van der Waals surface area contributed by atoms with Gasteiger partial charge in [0.2, 0.25) is 5.91 Å². The summed E-state index contributed by atoms with van der Waals surface area (Å²) in [5.41, 5.74) is 3.18. The van der Waals surface area contributed by atoms with Gasteiger partial charge in [-0.3, -0.25) is 4.79 Å². The number of hydrogen-bond donors (Lipinski definition) is 0. The number of halogens is 1. The van der Waals surface area contributed by atoms with Crippen molar-refractivity contribution < 1.29 is 4.79 Å². The number of rotatable bonds is 4. The van der Waals surface area contributed by atoms with Crippen LogP contribution in [0.2, 0.25) is 5.02 Å². The van der Waals surface area contributed by atoms with Gasteiger partial charge in [0.25, 0.3) is 0 Å². The molecule has 1 aliphatic rings. The van der Waals surface area contributed by atoms with E-state index in [1.165, 1.54) is 0 Å². The van der Waals surface area contributed by atoms with E-state index in [0.717, 1.165) is 59.7 Å². The molecule has 1 aliphatic heterocycles. The van der Waals surface area contributed by atoms with Gasteiger partial charge in [-0.1, -0.05) is 50.6 Å². The molecule has 0 saturated carbocycles. The van der Waals surface area contributed by atoms with Crippen LogP contribution in [0.25, 0.3) is 0 Å². The number of anilines is 1. The fraction of sp³-hybridized carbons (Fsp3) is 0.522. The van der Waals surface area contributed by atoms with Gasteiger partial charge in [0.05, 0.1) is 0 Å². The van der Waals surface area contributed by atoms with Crippen LogP contribution in [0.3, 0.4) is 0 Å². The summed E-state index contributed by atoms with van der Waals surface area (Å²) < 4.78 is 0. The number of nitrogens with zero attached hydrogens (tertiary/aromatic N) is 4. The zero-order valence-corrected chi connectivity index (χ0v) is 18.9. The van der Waals surface area contributed by atoms with Gasteiger partial charge in [0.15, 0.2) is 0 Å². The highest BCUT2D eigenvalue weighted by molar-refractivity contribution is 6.31. The Morgan fingerprint density at radius 3 is 2.34 bits per heavy atom. The smallest absolute Gasteiger partial charge is 0.223 e. The van der Waals surface area contributed by atoms with Crippen molar-refractivity contribution in [2.75, 3.05) is 31.1 Å². The molecule has 1 amide bonds. The van der Waals surface area contributed by atoms with Crippen LogP contribution in [0.1, 0.15) is 49.8 Å². The summed E-state index contributed by atoms with van der Waals surface area (Å²) in [5.74, 6) is 1.98. The molecule has 3 rings (SSSR count). The maximum atomic E-state index is 12.6. The van der Waals surface area contributed by atoms with Gasteiger partial charge in [-0.2, -0.15) is 0 Å². The average Bonchev–Trinajstić information content (AvgIpc) is 2.64. The van der Waals surface area contributed by atoms with Crippen molar-refractivity contribution in [2.24, 2.45) is 5.41 Å². The molecule has 29 heavy (non-hydrogen) atoms. The summed E-state index contributed by atoms with van der Waals surface area (Å²) in [7, 11) is 0. The minimum atomic E-state index is 0.0111. The van der Waals surface area contributed by atoms with Crippen molar-refractivity contribution in [1.82, 2.24) is 14.9 Å². The highest BCUT2D eigenvalue weighted by atomic mass is 35.5. The molecule has 2 heterocycles. The predicted molar refractivity (Wildman–Crippen MR) is 119 cm³/mol. The lowest BCUT2D eigenvalue weighted by Crippen LogP contribution is -2.50. The maximum Gasteiger partial charge on any atom is 0.223 e. The molecule has 5 nitrogen and oxygen atoms in total. The average molecular weight is 415 g/mol. The lowest BCUT2D eigenvalue weighted by atomic mass is 9.91. The monoisotopic (exact) mass is 414 g/mol. The third-order valence-corrected chi connectivity index (χ3v) is 5.61. The van der Waals surface area contributed by atoms with Crippen LogP contribution in [-0.2, 0) is 11.2 Å². The molecule has 1 fully saturated rings. The summed E-state index contributed by atoms with van der Waals surface area (Å²) in [6.45, 7) is 13.3. The summed E-state index contributed by atoms with van der Waals surface area (Å²) in [5, 5.41) is 0.760. The van der Waals surface area contributed by atoms with E-state index in [-0.39, 0.29) is 11.3 Å². The standard InChI is InChI=1S/C23H31ClN4O/c1-16-19(14-18-8-6-7-9-20(18)24)22(26-17(2)25-16)28-12-10-27(11-13-28)21(29)15-23(3,4)5/h6-9H,10-15H2,1-5H3. The fourth-order valence-electron chi connectivity index (χ4n) is 3.75. The summed E-state index contributed by atoms with van der Waals surface area (Å²) >= 11 is 6.40. The topological polar surface area (TPSA) is 49.3 Å². The Labute approximate surface area is 179 Å². The Kier molecular flexibility index (Phi) is 6.47. The molecule has 0 aliphatic carbocycles. The number of hydrogen-bond acceptors (Lipinski definition) is 4. The quantitative estimate of drug-likeness (QED) is 0.742. The Bertz CT molecular complexity index is 883. The molecule has 0 N–H and O–H groups in total. The van der Waals surface area contributed by atoms with E-state index in [2.05, 4.69) is 36.7 Å². The number of carbonyl (C=O) groups is 1. The van der Waals surface area contributed by atoms with E-state index < -0.39 is 0 Å². The van der Waals surface area contributed by atoms with Crippen molar-refractivity contribution in [2.45, 2.75) is 47.5 Å². The van der Waals surface area contributed by atoms with Gasteiger partial charge in [0.1, 0.15) is 11.6 Å². The number of benzene rings is 1. The van der Waals surface area contributed by atoms with E-state index in [9.17, 15) is 4.79 Å². The molecule has 0 bridgehead atoms. The lowest BCUT2D eigenvalue weighted by molar-refractivity contribution is -0.133. The number of carbonyl (C=O) groups excluding carboxylic acids is 1. The molecule has 0 unspecified atom stereocenters. The van der Waals surface area contributed by atoms with Gasteiger partial charge >= 0.3 is 0 Å². The second-order valence-corrected chi connectivity index (χ2v) is 9.44. The zero-order chi connectivity index (χ0) is 21.2. The molecule has 6 heteroatoms. The molecule has 0 spiro atoms. The minimum absolute atomic E-state index is 0.0111. The van der Waals surface area contributed by atoms with Crippen molar-refractivity contribution >= 4 is 23.3 Å². The van der Waals surface area contributed by atoms with Gasteiger partial charge in [-0.15, -0.1) is 0 Å². The molecule has 0 radical (unpaired) electrons. The largest absolute Gasteiger partial charge is 0.353 e. The number of amides is 1. The first-order chi connectivity index (χ1) is 13.6. The molecule has 2 aromatic rings. The van der Waals surface area contributed by atoms with Crippen LogP contribution >= 0.6 is 11.6 Å². The minimum Gasteiger partial charge on any atom is -0.353 e. The molecule has 1 aromatic carbocycles. The molecular formula is C23H31ClN4O. The third kappa shape index (κ3) is 5.47. The number of piperazine rings is 1. The van der Waals surface area contributed by atoms with Crippen molar-refractivity contribution in [3.63, 3.8) is 0 Å². The van der Waals surface area contributed by atoms with Crippen LogP contribution in [0, 0.1) is 19.3 Å². The van der Waals surface area contributed by atoms with E-state index in [4.69, 9.17) is 16.6 Å². The van der Waals surface area contributed by atoms with Gasteiger partial charge in [-0.05, 0) is 30.9 Å². The van der Waals surface area contributed by atoms with Crippen LogP contribution in [0.15, 0.2) is 24.3 Å². The third-order valence-electron chi connectivity index (χ3n) is 5.24. The molecule has 156 valence electrons. The highest BCUT2D eigenvalue weighted by Gasteiger charge is 2.27. The van der Waals surface area contributed by atoms with Crippen LogP contribution < -0.4 is 4.90 Å². The Hall–Kier alpha value is -2.14. The van der Waals surface area contributed by atoms with E-state index in [1.54, 1.807) is 0 Å². The highest BCUT2D eigenvalue weighted by Crippen LogP contribution is 2.28. The predicted octanol–water partition coefficient (Wildman–Crippen LogP) is 4.42. The van der Waals surface area contributed by atoms with Crippen LogP contribution in [0.4, 0.5) is 5.82 Å². The zero-order valence-electron chi connectivity index (χ0n) is 18.1. The van der Waals surface area contributed by atoms with Gasteiger partial charge in [0, 0.05) is 55.3 Å². The van der Waals surface area contributed by atoms with E-state index in [1.807, 2.05) is 36.9 Å². The molecule has 1 saturated heterocycles. The summed E-state index contributed by atoms with van der Waals surface area (Å²) in [6, 6.07) is 7.92. The normalized spacial score (nSPS) is 15.0. The first-order valence-electron chi connectivity index (χ1n) is 10.2. The first-order valence-corrected chi connectivity index (χ1v) is 10.6. The lowest BCUT2D eigenvalue weighted by Gasteiger charge is -2.37. The molecule has 0 atom stereocenters. The van der Waals surface area contributed by atoms with Crippen LogP contribution in [0.5, 0.6) is 0 Å². The maximum absolute atomic E-state index is 12.6. The van der Waals surface area contributed by atoms with E-state index in [0.29, 0.717) is 12.8 Å².